The van der Waals surface area contributed by atoms with Crippen molar-refractivity contribution in [3.8, 4) is 0 Å². The fourth-order valence-corrected chi connectivity index (χ4v) is 1.65. The molecule has 1 aromatic rings. The van der Waals surface area contributed by atoms with Gasteiger partial charge in [-0.25, -0.2) is 9.78 Å². The van der Waals surface area contributed by atoms with Gasteiger partial charge in [-0.05, 0) is 12.3 Å². The van der Waals surface area contributed by atoms with E-state index in [0.29, 0.717) is 0 Å². The lowest BCUT2D eigenvalue weighted by molar-refractivity contribution is -0.258. The highest BCUT2D eigenvalue weighted by molar-refractivity contribution is 5.85. The van der Waals surface area contributed by atoms with Crippen LogP contribution in [0.15, 0.2) is 4.42 Å². The number of carboxylic acid groups (broad SMARTS) is 1. The van der Waals surface area contributed by atoms with Gasteiger partial charge in [0.25, 0.3) is 0 Å². The summed E-state index contributed by atoms with van der Waals surface area (Å²) in [5, 5.41) is 8.78. The molecule has 1 heterocycles. The summed E-state index contributed by atoms with van der Waals surface area (Å²) in [4.78, 5) is 14.0. The molecule has 120 valence electrons. The molecule has 1 rings (SSSR count). The zero-order valence-corrected chi connectivity index (χ0v) is 10.8. The number of alkyl halides is 6. The molecule has 0 radical (unpaired) electrons. The number of hydrogen-bond donors (Lipinski definition) is 1. The summed E-state index contributed by atoms with van der Waals surface area (Å²) in [6.07, 6.45) is -11.5. The van der Waals surface area contributed by atoms with Crippen LogP contribution in [0, 0.1) is 5.92 Å². The van der Waals surface area contributed by atoms with Gasteiger partial charge in [-0.1, -0.05) is 13.8 Å². The van der Waals surface area contributed by atoms with Crippen LogP contribution in [-0.4, -0.2) is 28.4 Å². The molecule has 0 aliphatic rings. The van der Waals surface area contributed by atoms with Crippen LogP contribution >= 0.6 is 0 Å². The van der Waals surface area contributed by atoms with Crippen molar-refractivity contribution in [1.82, 2.24) is 4.98 Å². The number of halogens is 6. The van der Waals surface area contributed by atoms with E-state index in [9.17, 15) is 31.1 Å². The zero-order chi connectivity index (χ0) is 16.6. The Labute approximate surface area is 114 Å². The minimum absolute atomic E-state index is 0.117. The van der Waals surface area contributed by atoms with Gasteiger partial charge in [0, 0.05) is 0 Å². The molecule has 0 unspecified atom stereocenters. The van der Waals surface area contributed by atoms with Gasteiger partial charge < -0.3 is 9.52 Å². The molecule has 1 aromatic heterocycles. The summed E-state index contributed by atoms with van der Waals surface area (Å²) < 4.78 is 79.5. The van der Waals surface area contributed by atoms with Gasteiger partial charge in [-0.2, -0.15) is 26.3 Å². The maximum atomic E-state index is 12.5. The van der Waals surface area contributed by atoms with Crippen LogP contribution in [0.3, 0.4) is 0 Å². The summed E-state index contributed by atoms with van der Waals surface area (Å²) in [6, 6.07) is 0. The molecule has 1 N–H and O–H groups in total. The standard InChI is InChI=1S/C11H11F6NO3/c1-4(2)3-5-6(9(19)20)21-8(18-5)7(10(12,13)14)11(15,16)17/h4,7H,3H2,1-2H3,(H,19,20). The Morgan fingerprint density at radius 2 is 1.67 bits per heavy atom. The van der Waals surface area contributed by atoms with E-state index in [2.05, 4.69) is 9.40 Å². The fraction of sp³-hybridized carbons (Fsp3) is 0.636. The van der Waals surface area contributed by atoms with Gasteiger partial charge in [-0.3, -0.25) is 0 Å². The number of nitrogens with zero attached hydrogens (tertiary/aromatic N) is 1. The second kappa shape index (κ2) is 5.57. The zero-order valence-electron chi connectivity index (χ0n) is 10.8. The Kier molecular flexibility index (Phi) is 4.59. The first-order chi connectivity index (χ1) is 9.34. The second-order valence-electron chi connectivity index (χ2n) is 4.75. The van der Waals surface area contributed by atoms with E-state index in [0.717, 1.165) is 0 Å². The first-order valence-electron chi connectivity index (χ1n) is 5.70. The molecule has 0 saturated heterocycles. The lowest BCUT2D eigenvalue weighted by Gasteiger charge is -2.19. The maximum absolute atomic E-state index is 12.5. The predicted octanol–water partition coefficient (Wildman–Crippen LogP) is 3.78. The summed E-state index contributed by atoms with van der Waals surface area (Å²) in [5.74, 6) is -8.66. The van der Waals surface area contributed by atoms with Crippen molar-refractivity contribution in [1.29, 1.82) is 0 Å². The molecule has 21 heavy (non-hydrogen) atoms. The van der Waals surface area contributed by atoms with Crippen LogP contribution in [0.5, 0.6) is 0 Å². The third kappa shape index (κ3) is 4.11. The second-order valence-corrected chi connectivity index (χ2v) is 4.75. The van der Waals surface area contributed by atoms with E-state index < -0.39 is 41.6 Å². The van der Waals surface area contributed by atoms with Crippen molar-refractivity contribution in [2.75, 3.05) is 0 Å². The number of aromatic nitrogens is 1. The third-order valence-corrected chi connectivity index (χ3v) is 2.41. The van der Waals surface area contributed by atoms with Crippen molar-refractivity contribution in [2.24, 2.45) is 5.92 Å². The first kappa shape index (κ1) is 17.3. The van der Waals surface area contributed by atoms with Crippen molar-refractivity contribution >= 4 is 5.97 Å². The highest BCUT2D eigenvalue weighted by atomic mass is 19.4. The Bertz CT molecular complexity index is 503. The molecule has 10 heteroatoms. The van der Waals surface area contributed by atoms with Gasteiger partial charge in [0.15, 0.2) is 0 Å². The monoisotopic (exact) mass is 319 g/mol. The van der Waals surface area contributed by atoms with E-state index in [1.54, 1.807) is 13.8 Å². The quantitative estimate of drug-likeness (QED) is 0.858. The Morgan fingerprint density at radius 1 is 1.19 bits per heavy atom. The number of carbonyl (C=O) groups is 1. The molecule has 0 saturated carbocycles. The highest BCUT2D eigenvalue weighted by Gasteiger charge is 2.60. The minimum atomic E-state index is -5.69. The molecule has 0 spiro atoms. The van der Waals surface area contributed by atoms with Gasteiger partial charge >= 0.3 is 18.3 Å². The summed E-state index contributed by atoms with van der Waals surface area (Å²) >= 11 is 0. The molecule has 0 aromatic carbocycles. The molecule has 0 aliphatic carbocycles. The number of carboxylic acids is 1. The fourth-order valence-electron chi connectivity index (χ4n) is 1.65. The first-order valence-corrected chi connectivity index (χ1v) is 5.70. The molecule has 4 nitrogen and oxygen atoms in total. The summed E-state index contributed by atoms with van der Waals surface area (Å²) in [7, 11) is 0. The van der Waals surface area contributed by atoms with Crippen LogP contribution in [0.25, 0.3) is 0 Å². The lowest BCUT2D eigenvalue weighted by Crippen LogP contribution is -2.34. The minimum Gasteiger partial charge on any atom is -0.475 e. The van der Waals surface area contributed by atoms with Crippen LogP contribution in [0.1, 0.15) is 41.9 Å². The number of rotatable bonds is 4. The Hall–Kier alpha value is -1.74. The van der Waals surface area contributed by atoms with Crippen LogP contribution in [-0.2, 0) is 6.42 Å². The van der Waals surface area contributed by atoms with E-state index in [1.165, 1.54) is 0 Å². The largest absolute Gasteiger partial charge is 0.475 e. The molecule has 0 bridgehead atoms. The molecule has 0 atom stereocenters. The van der Waals surface area contributed by atoms with Gasteiger partial charge in [0.05, 0.1) is 5.69 Å². The topological polar surface area (TPSA) is 63.3 Å². The van der Waals surface area contributed by atoms with Crippen molar-refractivity contribution < 1.29 is 40.7 Å². The van der Waals surface area contributed by atoms with Crippen molar-refractivity contribution in [2.45, 2.75) is 38.5 Å². The summed E-state index contributed by atoms with van der Waals surface area (Å²) in [6.45, 7) is 3.20. The smallest absolute Gasteiger partial charge is 0.409 e. The molecule has 0 aliphatic heterocycles. The van der Waals surface area contributed by atoms with Gasteiger partial charge in [0.1, 0.15) is 0 Å². The third-order valence-electron chi connectivity index (χ3n) is 2.41. The van der Waals surface area contributed by atoms with E-state index >= 15 is 0 Å². The molecular weight excluding hydrogens is 308 g/mol. The predicted molar refractivity (Wildman–Crippen MR) is 56.9 cm³/mol. The van der Waals surface area contributed by atoms with Crippen LogP contribution < -0.4 is 0 Å². The molecule has 0 amide bonds. The van der Waals surface area contributed by atoms with E-state index in [4.69, 9.17) is 5.11 Å². The average Bonchev–Trinajstić information content (AvgIpc) is 2.55. The van der Waals surface area contributed by atoms with Crippen LogP contribution in [0.4, 0.5) is 26.3 Å². The summed E-state index contributed by atoms with van der Waals surface area (Å²) in [5.41, 5.74) is -0.439. The average molecular weight is 319 g/mol. The van der Waals surface area contributed by atoms with Crippen molar-refractivity contribution in [3.05, 3.63) is 17.3 Å². The Balaban J connectivity index is 3.37. The molecular formula is C11H11F6NO3. The number of hydrogen-bond acceptors (Lipinski definition) is 3. The van der Waals surface area contributed by atoms with E-state index in [-0.39, 0.29) is 12.3 Å². The van der Waals surface area contributed by atoms with Crippen molar-refractivity contribution in [3.63, 3.8) is 0 Å². The molecule has 0 fully saturated rings. The maximum Gasteiger partial charge on any atom is 0.409 e. The van der Waals surface area contributed by atoms with Gasteiger partial charge in [0.2, 0.25) is 17.6 Å². The van der Waals surface area contributed by atoms with Crippen LogP contribution in [0.2, 0.25) is 0 Å². The number of oxazole rings is 1. The van der Waals surface area contributed by atoms with E-state index in [1.807, 2.05) is 0 Å². The normalized spacial score (nSPS) is 13.2. The SMILES string of the molecule is CC(C)Cc1nc(C(C(F)(F)F)C(F)(F)F)oc1C(=O)O. The lowest BCUT2D eigenvalue weighted by atomic mass is 10.1. The Morgan fingerprint density at radius 3 is 2.00 bits per heavy atom. The number of aromatic carboxylic acids is 1. The van der Waals surface area contributed by atoms with Gasteiger partial charge in [-0.15, -0.1) is 0 Å². The highest BCUT2D eigenvalue weighted by Crippen LogP contribution is 2.46.